The van der Waals surface area contributed by atoms with Crippen LogP contribution in [0.4, 0.5) is 0 Å². The number of benzene rings is 1. The third-order valence-corrected chi connectivity index (χ3v) is 5.57. The monoisotopic (exact) mass is 360 g/mol. The first-order chi connectivity index (χ1) is 11.9. The first-order valence-corrected chi connectivity index (χ1v) is 9.09. The number of carbonyl (C=O) groups excluding carboxylic acids is 1. The van der Waals surface area contributed by atoms with E-state index in [1.165, 1.54) is 11.3 Å². The molecule has 3 rings (SSSR count). The highest BCUT2D eigenvalue weighted by atomic mass is 32.1. The van der Waals surface area contributed by atoms with Gasteiger partial charge in [-0.25, -0.2) is 14.3 Å². The van der Waals surface area contributed by atoms with Crippen molar-refractivity contribution in [3.05, 3.63) is 50.9 Å². The SMILES string of the molecule is CCc1nc(C(C)(C(=O)n2c(=O)oc3ccccc32)C(O)CC)cs1. The van der Waals surface area contributed by atoms with Gasteiger partial charge in [-0.3, -0.25) is 4.79 Å². The highest BCUT2D eigenvalue weighted by Crippen LogP contribution is 2.33. The Morgan fingerprint density at radius 3 is 2.76 bits per heavy atom. The fourth-order valence-electron chi connectivity index (χ4n) is 2.93. The molecule has 0 aliphatic carbocycles. The number of fused-ring (bicyclic) bond motifs is 1. The van der Waals surface area contributed by atoms with E-state index in [2.05, 4.69) is 4.98 Å². The van der Waals surface area contributed by atoms with Crippen LogP contribution in [-0.4, -0.2) is 26.7 Å². The minimum Gasteiger partial charge on any atom is -0.407 e. The zero-order valence-electron chi connectivity index (χ0n) is 14.4. The van der Waals surface area contributed by atoms with Gasteiger partial charge in [-0.05, 0) is 31.9 Å². The summed E-state index contributed by atoms with van der Waals surface area (Å²) in [7, 11) is 0. The van der Waals surface area contributed by atoms with E-state index in [0.29, 0.717) is 23.2 Å². The van der Waals surface area contributed by atoms with E-state index in [1.807, 2.05) is 6.92 Å². The van der Waals surface area contributed by atoms with Gasteiger partial charge in [-0.1, -0.05) is 26.0 Å². The largest absolute Gasteiger partial charge is 0.426 e. The topological polar surface area (TPSA) is 85.3 Å². The summed E-state index contributed by atoms with van der Waals surface area (Å²) in [6.45, 7) is 5.40. The lowest BCUT2D eigenvalue weighted by Crippen LogP contribution is -2.48. The lowest BCUT2D eigenvalue weighted by atomic mass is 9.79. The third kappa shape index (κ3) is 2.73. The van der Waals surface area contributed by atoms with E-state index in [9.17, 15) is 14.7 Å². The number of hydrogen-bond acceptors (Lipinski definition) is 6. The molecule has 7 heteroatoms. The minimum absolute atomic E-state index is 0.335. The summed E-state index contributed by atoms with van der Waals surface area (Å²) in [6.07, 6.45) is 0.115. The van der Waals surface area contributed by atoms with Crippen LogP contribution in [0.3, 0.4) is 0 Å². The minimum atomic E-state index is -1.34. The molecule has 0 aliphatic rings. The lowest BCUT2D eigenvalue weighted by molar-refractivity contribution is 0.0491. The van der Waals surface area contributed by atoms with Gasteiger partial charge < -0.3 is 9.52 Å². The van der Waals surface area contributed by atoms with Gasteiger partial charge in [0, 0.05) is 5.38 Å². The number of aliphatic hydroxyl groups is 1. The van der Waals surface area contributed by atoms with Crippen LogP contribution in [0.2, 0.25) is 0 Å². The number of aryl methyl sites for hydroxylation is 1. The molecule has 25 heavy (non-hydrogen) atoms. The molecule has 1 aromatic carbocycles. The van der Waals surface area contributed by atoms with Crippen molar-refractivity contribution in [1.29, 1.82) is 0 Å². The molecule has 0 fully saturated rings. The van der Waals surface area contributed by atoms with E-state index in [1.54, 1.807) is 43.5 Å². The first-order valence-electron chi connectivity index (χ1n) is 8.21. The summed E-state index contributed by atoms with van der Waals surface area (Å²) in [6, 6.07) is 6.74. The summed E-state index contributed by atoms with van der Waals surface area (Å²) in [5.41, 5.74) is -0.139. The number of rotatable bonds is 5. The summed E-state index contributed by atoms with van der Waals surface area (Å²) in [4.78, 5) is 30.2. The maximum absolute atomic E-state index is 13.4. The number of aromatic nitrogens is 2. The molecule has 3 aromatic rings. The highest BCUT2D eigenvalue weighted by Gasteiger charge is 2.45. The van der Waals surface area contributed by atoms with E-state index < -0.39 is 23.2 Å². The summed E-state index contributed by atoms with van der Waals surface area (Å²) in [5.74, 6) is -1.29. The second kappa shape index (κ2) is 6.57. The Bertz CT molecular complexity index is 971. The molecule has 2 atom stereocenters. The predicted molar refractivity (Wildman–Crippen MR) is 96.2 cm³/mol. The Kier molecular flexibility index (Phi) is 4.62. The molecular formula is C18H20N2O4S. The van der Waals surface area contributed by atoms with Gasteiger partial charge in [0.25, 0.3) is 5.91 Å². The fourth-order valence-corrected chi connectivity index (χ4v) is 3.80. The quantitative estimate of drug-likeness (QED) is 0.756. The maximum Gasteiger partial charge on any atom is 0.426 e. The highest BCUT2D eigenvalue weighted by molar-refractivity contribution is 7.09. The number of para-hydroxylation sites is 2. The zero-order chi connectivity index (χ0) is 18.2. The molecule has 2 heterocycles. The normalized spacial score (nSPS) is 15.2. The van der Waals surface area contributed by atoms with Crippen molar-refractivity contribution in [3.63, 3.8) is 0 Å². The van der Waals surface area contributed by atoms with Crippen LogP contribution in [-0.2, 0) is 11.8 Å². The van der Waals surface area contributed by atoms with Crippen molar-refractivity contribution in [2.75, 3.05) is 0 Å². The van der Waals surface area contributed by atoms with Gasteiger partial charge >= 0.3 is 5.76 Å². The van der Waals surface area contributed by atoms with Crippen LogP contribution in [0, 0.1) is 0 Å². The Morgan fingerprint density at radius 1 is 1.40 bits per heavy atom. The summed E-state index contributed by atoms with van der Waals surface area (Å²) >= 11 is 1.44. The number of carbonyl (C=O) groups is 1. The van der Waals surface area contributed by atoms with Crippen molar-refractivity contribution in [1.82, 2.24) is 9.55 Å². The number of hydrogen-bond donors (Lipinski definition) is 1. The Hall–Kier alpha value is -2.25. The van der Waals surface area contributed by atoms with Gasteiger partial charge in [-0.15, -0.1) is 11.3 Å². The Morgan fingerprint density at radius 2 is 2.12 bits per heavy atom. The van der Waals surface area contributed by atoms with Gasteiger partial charge in [0.05, 0.1) is 22.3 Å². The summed E-state index contributed by atoms with van der Waals surface area (Å²) in [5, 5.41) is 13.3. The number of oxazole rings is 1. The van der Waals surface area contributed by atoms with Crippen LogP contribution >= 0.6 is 11.3 Å². The van der Waals surface area contributed by atoms with Crippen molar-refractivity contribution >= 4 is 28.3 Å². The molecule has 0 spiro atoms. The molecule has 0 saturated heterocycles. The Labute approximate surface area is 148 Å². The number of aliphatic hydroxyl groups excluding tert-OH is 1. The molecule has 2 aromatic heterocycles. The molecule has 1 N–H and O–H groups in total. The van der Waals surface area contributed by atoms with E-state index in [0.717, 1.165) is 16.0 Å². The first kappa shape index (κ1) is 17.6. The second-order valence-corrected chi connectivity index (χ2v) is 7.03. The molecule has 6 nitrogen and oxygen atoms in total. The Balaban J connectivity index is 2.20. The molecule has 0 radical (unpaired) electrons. The average Bonchev–Trinajstić information content (AvgIpc) is 3.23. The van der Waals surface area contributed by atoms with Gasteiger partial charge in [0.2, 0.25) is 0 Å². The number of thiazole rings is 1. The van der Waals surface area contributed by atoms with Gasteiger partial charge in [0.15, 0.2) is 5.58 Å². The zero-order valence-corrected chi connectivity index (χ0v) is 15.2. The van der Waals surface area contributed by atoms with E-state index in [4.69, 9.17) is 4.42 Å². The van der Waals surface area contributed by atoms with E-state index >= 15 is 0 Å². The van der Waals surface area contributed by atoms with Gasteiger partial charge in [0.1, 0.15) is 5.41 Å². The molecule has 2 unspecified atom stereocenters. The van der Waals surface area contributed by atoms with Crippen LogP contribution in [0.15, 0.2) is 38.9 Å². The summed E-state index contributed by atoms with van der Waals surface area (Å²) < 4.78 is 6.18. The lowest BCUT2D eigenvalue weighted by Gasteiger charge is -2.30. The third-order valence-electron chi connectivity index (χ3n) is 4.57. The van der Waals surface area contributed by atoms with Gasteiger partial charge in [-0.2, -0.15) is 0 Å². The van der Waals surface area contributed by atoms with Crippen LogP contribution in [0.5, 0.6) is 0 Å². The molecule has 0 amide bonds. The maximum atomic E-state index is 13.4. The van der Waals surface area contributed by atoms with Crippen LogP contribution in [0.1, 0.15) is 42.7 Å². The fraction of sp³-hybridized carbons (Fsp3) is 0.389. The average molecular weight is 360 g/mol. The molecule has 132 valence electrons. The van der Waals surface area contributed by atoms with Crippen molar-refractivity contribution in [2.24, 2.45) is 0 Å². The van der Waals surface area contributed by atoms with Crippen molar-refractivity contribution < 1.29 is 14.3 Å². The molecule has 0 aliphatic heterocycles. The smallest absolute Gasteiger partial charge is 0.407 e. The van der Waals surface area contributed by atoms with Crippen LogP contribution < -0.4 is 5.76 Å². The standard InChI is InChI=1S/C18H20N2O4S/c1-4-14(21)18(3,13-10-25-15(5-2)19-13)16(22)20-11-8-6-7-9-12(11)24-17(20)23/h6-10,14,21H,4-5H2,1-3H3. The van der Waals surface area contributed by atoms with Crippen LogP contribution in [0.25, 0.3) is 11.1 Å². The second-order valence-electron chi connectivity index (χ2n) is 6.08. The predicted octanol–water partition coefficient (Wildman–Crippen LogP) is 2.98. The van der Waals surface area contributed by atoms with Crippen molar-refractivity contribution in [3.8, 4) is 0 Å². The molecule has 0 bridgehead atoms. The van der Waals surface area contributed by atoms with Crippen molar-refractivity contribution in [2.45, 2.75) is 45.1 Å². The van der Waals surface area contributed by atoms with E-state index in [-0.39, 0.29) is 0 Å². The molecule has 0 saturated carbocycles. The molecular weight excluding hydrogens is 340 g/mol. The number of nitrogens with zero attached hydrogens (tertiary/aromatic N) is 2.